The highest BCUT2D eigenvalue weighted by Gasteiger charge is 2.34. The van der Waals surface area contributed by atoms with Crippen LogP contribution in [0, 0.1) is 0 Å². The van der Waals surface area contributed by atoms with Crippen molar-refractivity contribution in [2.45, 2.75) is 44.8 Å². The smallest absolute Gasteiger partial charge is 0.0828 e. The molecule has 1 N–H and O–H groups in total. The molecule has 1 rings (SSSR count). The molecule has 0 heterocycles. The second-order valence-electron chi connectivity index (χ2n) is 4.77. The second kappa shape index (κ2) is 7.49. The lowest BCUT2D eigenvalue weighted by molar-refractivity contribution is -0.0454. The lowest BCUT2D eigenvalue weighted by atomic mass is 9.84. The summed E-state index contributed by atoms with van der Waals surface area (Å²) in [6.07, 6.45) is 2.79. The minimum atomic E-state index is -0.152. The molecule has 0 aliphatic carbocycles. The first-order chi connectivity index (χ1) is 9.02. The van der Waals surface area contributed by atoms with Crippen LogP contribution in [0.25, 0.3) is 0 Å². The highest BCUT2D eigenvalue weighted by atomic mass is 35.5. The quantitative estimate of drug-likeness (QED) is 0.809. The van der Waals surface area contributed by atoms with E-state index in [1.165, 1.54) is 0 Å². The molecule has 1 aromatic rings. The van der Waals surface area contributed by atoms with E-state index in [0.29, 0.717) is 10.0 Å². The maximum absolute atomic E-state index is 6.07. The van der Waals surface area contributed by atoms with Crippen molar-refractivity contribution in [1.82, 2.24) is 5.32 Å². The lowest BCUT2D eigenvalue weighted by Gasteiger charge is -2.38. The molecular weight excluding hydrogens is 281 g/mol. The Kier molecular flexibility index (Phi) is 6.61. The maximum Gasteiger partial charge on any atom is 0.0828 e. The van der Waals surface area contributed by atoms with Gasteiger partial charge in [-0.3, -0.25) is 0 Å². The molecule has 0 amide bonds. The predicted molar refractivity (Wildman–Crippen MR) is 83.3 cm³/mol. The zero-order valence-corrected chi connectivity index (χ0v) is 13.6. The van der Waals surface area contributed by atoms with Crippen molar-refractivity contribution in [2.24, 2.45) is 0 Å². The largest absolute Gasteiger partial charge is 0.377 e. The lowest BCUT2D eigenvalue weighted by Crippen LogP contribution is -2.51. The Morgan fingerprint density at radius 1 is 1.21 bits per heavy atom. The van der Waals surface area contributed by atoms with Crippen molar-refractivity contribution < 1.29 is 4.74 Å². The fourth-order valence-electron chi connectivity index (χ4n) is 2.63. The number of methoxy groups -OCH3 is 1. The van der Waals surface area contributed by atoms with Crippen LogP contribution in [0.4, 0.5) is 0 Å². The van der Waals surface area contributed by atoms with E-state index in [1.54, 1.807) is 7.11 Å². The molecule has 0 aliphatic heterocycles. The number of benzene rings is 1. The van der Waals surface area contributed by atoms with Gasteiger partial charge in [0.15, 0.2) is 0 Å². The maximum atomic E-state index is 6.07. The van der Waals surface area contributed by atoms with Gasteiger partial charge >= 0.3 is 0 Å². The van der Waals surface area contributed by atoms with E-state index in [0.717, 1.165) is 24.8 Å². The van der Waals surface area contributed by atoms with Crippen molar-refractivity contribution in [1.29, 1.82) is 0 Å². The number of likely N-dealkylation sites (N-methyl/N-ethyl adjacent to an activating group) is 1. The Morgan fingerprint density at radius 3 is 2.26 bits per heavy atom. The van der Waals surface area contributed by atoms with Crippen LogP contribution in [-0.2, 0) is 11.2 Å². The van der Waals surface area contributed by atoms with E-state index >= 15 is 0 Å². The van der Waals surface area contributed by atoms with Crippen molar-refractivity contribution in [3.8, 4) is 0 Å². The van der Waals surface area contributed by atoms with E-state index in [2.05, 4.69) is 19.2 Å². The van der Waals surface area contributed by atoms with E-state index in [9.17, 15) is 0 Å². The first kappa shape index (κ1) is 16.8. The molecule has 0 saturated heterocycles. The third kappa shape index (κ3) is 3.85. The van der Waals surface area contributed by atoms with Gasteiger partial charge in [0.05, 0.1) is 15.6 Å². The van der Waals surface area contributed by atoms with Gasteiger partial charge in [-0.15, -0.1) is 0 Å². The van der Waals surface area contributed by atoms with Gasteiger partial charge in [0, 0.05) is 13.2 Å². The molecule has 1 atom stereocenters. The fourth-order valence-corrected chi connectivity index (χ4v) is 2.95. The van der Waals surface area contributed by atoms with Crippen LogP contribution in [-0.4, -0.2) is 25.8 Å². The van der Waals surface area contributed by atoms with Crippen LogP contribution in [0.2, 0.25) is 10.0 Å². The van der Waals surface area contributed by atoms with Crippen molar-refractivity contribution in [3.05, 3.63) is 33.8 Å². The molecule has 108 valence electrons. The van der Waals surface area contributed by atoms with Crippen molar-refractivity contribution in [3.63, 3.8) is 0 Å². The van der Waals surface area contributed by atoms with Gasteiger partial charge < -0.3 is 10.1 Å². The Morgan fingerprint density at radius 2 is 1.84 bits per heavy atom. The normalized spacial score (nSPS) is 13.6. The monoisotopic (exact) mass is 303 g/mol. The van der Waals surface area contributed by atoms with Gasteiger partial charge in [0.2, 0.25) is 0 Å². The standard InChI is InChI=1S/C15H23Cl2NO/c1-5-15(6-2,19-4)14(18-3)10-11-7-8-12(16)13(17)9-11/h7-9,14,18H,5-6,10H2,1-4H3. The van der Waals surface area contributed by atoms with Gasteiger partial charge in [0.1, 0.15) is 0 Å². The summed E-state index contributed by atoms with van der Waals surface area (Å²) in [5.41, 5.74) is 1.01. The number of rotatable bonds is 7. The summed E-state index contributed by atoms with van der Waals surface area (Å²) in [6, 6.07) is 6.03. The van der Waals surface area contributed by atoms with Crippen molar-refractivity contribution >= 4 is 23.2 Å². The van der Waals surface area contributed by atoms with Gasteiger partial charge in [-0.25, -0.2) is 0 Å². The first-order valence-corrected chi connectivity index (χ1v) is 7.44. The molecule has 0 bridgehead atoms. The number of ether oxygens (including phenoxy) is 1. The number of halogens is 2. The Labute approximate surface area is 126 Å². The van der Waals surface area contributed by atoms with Crippen LogP contribution >= 0.6 is 23.2 Å². The number of nitrogens with one attached hydrogen (secondary N) is 1. The first-order valence-electron chi connectivity index (χ1n) is 6.69. The minimum Gasteiger partial charge on any atom is -0.377 e. The predicted octanol–water partition coefficient (Wildman–Crippen LogP) is 4.33. The molecule has 0 aromatic heterocycles. The third-order valence-corrected chi connectivity index (χ3v) is 4.75. The zero-order chi connectivity index (χ0) is 14.5. The van der Waals surface area contributed by atoms with Gasteiger partial charge in [-0.2, -0.15) is 0 Å². The third-order valence-electron chi connectivity index (χ3n) is 4.01. The topological polar surface area (TPSA) is 21.3 Å². The minimum absolute atomic E-state index is 0.152. The van der Waals surface area contributed by atoms with Gasteiger partial charge in [0.25, 0.3) is 0 Å². The van der Waals surface area contributed by atoms with E-state index in [-0.39, 0.29) is 11.6 Å². The fraction of sp³-hybridized carbons (Fsp3) is 0.600. The molecule has 0 aliphatic rings. The molecule has 19 heavy (non-hydrogen) atoms. The summed E-state index contributed by atoms with van der Waals surface area (Å²) in [6.45, 7) is 4.32. The van der Waals surface area contributed by atoms with Gasteiger partial charge in [-0.05, 0) is 44.0 Å². The molecule has 1 aromatic carbocycles. The summed E-state index contributed by atoms with van der Waals surface area (Å²) >= 11 is 12.0. The highest BCUT2D eigenvalue weighted by molar-refractivity contribution is 6.42. The molecule has 0 radical (unpaired) electrons. The SMILES string of the molecule is CCC(CC)(OC)C(Cc1ccc(Cl)c(Cl)c1)NC. The van der Waals surface area contributed by atoms with Crippen LogP contribution < -0.4 is 5.32 Å². The summed E-state index contributed by atoms with van der Waals surface area (Å²) in [4.78, 5) is 0. The Balaban J connectivity index is 2.95. The molecular formula is C15H23Cl2NO. The molecule has 0 saturated carbocycles. The zero-order valence-electron chi connectivity index (χ0n) is 12.1. The summed E-state index contributed by atoms with van der Waals surface area (Å²) in [5, 5.41) is 4.57. The van der Waals surface area contributed by atoms with Crippen LogP contribution in [0.1, 0.15) is 32.3 Å². The van der Waals surface area contributed by atoms with E-state index in [1.807, 2.05) is 25.2 Å². The van der Waals surface area contributed by atoms with Gasteiger partial charge in [-0.1, -0.05) is 43.1 Å². The summed E-state index contributed by atoms with van der Waals surface area (Å²) in [5.74, 6) is 0. The summed E-state index contributed by atoms with van der Waals surface area (Å²) in [7, 11) is 3.76. The second-order valence-corrected chi connectivity index (χ2v) is 5.58. The summed E-state index contributed by atoms with van der Waals surface area (Å²) < 4.78 is 5.79. The van der Waals surface area contributed by atoms with Crippen LogP contribution in [0.5, 0.6) is 0 Å². The van der Waals surface area contributed by atoms with E-state index < -0.39 is 0 Å². The molecule has 1 unspecified atom stereocenters. The molecule has 0 fully saturated rings. The van der Waals surface area contributed by atoms with E-state index in [4.69, 9.17) is 27.9 Å². The molecule has 2 nitrogen and oxygen atoms in total. The molecule has 0 spiro atoms. The highest BCUT2D eigenvalue weighted by Crippen LogP contribution is 2.28. The number of hydrogen-bond donors (Lipinski definition) is 1. The Bertz CT molecular complexity index is 397. The van der Waals surface area contributed by atoms with Crippen LogP contribution in [0.15, 0.2) is 18.2 Å². The molecule has 4 heteroatoms. The average molecular weight is 304 g/mol. The van der Waals surface area contributed by atoms with Crippen LogP contribution in [0.3, 0.4) is 0 Å². The average Bonchev–Trinajstić information content (AvgIpc) is 2.43. The number of hydrogen-bond acceptors (Lipinski definition) is 2. The Hall–Kier alpha value is -0.280. The van der Waals surface area contributed by atoms with Crippen molar-refractivity contribution in [2.75, 3.05) is 14.2 Å².